The van der Waals surface area contributed by atoms with E-state index in [1.54, 1.807) is 9.58 Å². The van der Waals surface area contributed by atoms with Crippen LogP contribution in [0.3, 0.4) is 0 Å². The Bertz CT molecular complexity index is 1070. The summed E-state index contributed by atoms with van der Waals surface area (Å²) in [6.45, 7) is 11.0. The Morgan fingerprint density at radius 1 is 1.27 bits per heavy atom. The van der Waals surface area contributed by atoms with Gasteiger partial charge >= 0.3 is 6.09 Å². The Hall–Kier alpha value is -3.21. The molecule has 8 heteroatoms. The van der Waals surface area contributed by atoms with Gasteiger partial charge in [-0.2, -0.15) is 10.4 Å². The van der Waals surface area contributed by atoms with Crippen LogP contribution in [-0.2, 0) is 4.74 Å². The predicted molar refractivity (Wildman–Crippen MR) is 126 cm³/mol. The molecule has 176 valence electrons. The number of benzene rings is 1. The number of nitrogen functional groups attached to an aromatic ring is 1. The van der Waals surface area contributed by atoms with Crippen LogP contribution in [0.4, 0.5) is 10.6 Å². The molecular formula is C25H33N5O3. The molecule has 2 aliphatic rings. The number of nitrogens with zero attached hydrogens (tertiary/aromatic N) is 4. The number of carbonyl (C=O) groups excluding carboxylic acids is 1. The van der Waals surface area contributed by atoms with E-state index in [0.29, 0.717) is 30.2 Å². The van der Waals surface area contributed by atoms with Gasteiger partial charge in [0.25, 0.3) is 0 Å². The molecule has 2 heterocycles. The molecule has 0 unspecified atom stereocenters. The molecule has 1 spiro atoms. The van der Waals surface area contributed by atoms with Crippen LogP contribution in [0.1, 0.15) is 65.5 Å². The maximum absolute atomic E-state index is 12.4. The Labute approximate surface area is 195 Å². The molecule has 2 N–H and O–H groups in total. The first-order valence-electron chi connectivity index (χ1n) is 11.5. The lowest BCUT2D eigenvalue weighted by Crippen LogP contribution is -2.43. The number of rotatable bonds is 4. The van der Waals surface area contributed by atoms with Crippen molar-refractivity contribution in [2.75, 3.05) is 18.8 Å². The molecule has 1 saturated heterocycles. The monoisotopic (exact) mass is 451 g/mol. The van der Waals surface area contributed by atoms with Gasteiger partial charge in [0.15, 0.2) is 0 Å². The van der Waals surface area contributed by atoms with Crippen molar-refractivity contribution in [1.29, 1.82) is 5.26 Å². The summed E-state index contributed by atoms with van der Waals surface area (Å²) in [6.07, 6.45) is 2.54. The van der Waals surface area contributed by atoms with E-state index in [4.69, 9.17) is 20.3 Å². The molecule has 1 amide bonds. The van der Waals surface area contributed by atoms with E-state index < -0.39 is 5.60 Å². The zero-order valence-corrected chi connectivity index (χ0v) is 20.1. The number of likely N-dealkylation sites (tertiary alicyclic amines) is 1. The van der Waals surface area contributed by atoms with Crippen molar-refractivity contribution in [2.45, 2.75) is 71.6 Å². The molecule has 2 fully saturated rings. The topological polar surface area (TPSA) is 106 Å². The first-order chi connectivity index (χ1) is 15.5. The molecule has 0 radical (unpaired) electrons. The van der Waals surface area contributed by atoms with Gasteiger partial charge in [0, 0.05) is 18.7 Å². The molecule has 33 heavy (non-hydrogen) atoms. The highest BCUT2D eigenvalue weighted by Crippen LogP contribution is 2.54. The van der Waals surface area contributed by atoms with Crippen molar-refractivity contribution in [3.8, 4) is 23.1 Å². The lowest BCUT2D eigenvalue weighted by molar-refractivity contribution is 0.0188. The van der Waals surface area contributed by atoms with Gasteiger partial charge in [0.1, 0.15) is 34.5 Å². The lowest BCUT2D eigenvalue weighted by Gasteiger charge is -2.45. The second-order valence-electron chi connectivity index (χ2n) is 10.6. The standard InChI is InChI=1S/C25H33N5O3/c1-16(2)32-19-8-6-17(7-9-19)21-20(14-26)22(27)30(28-21)18-12-25(13-18)10-11-29(15-25)23(31)33-24(3,4)5/h6-9,16,18H,10-13,15,27H2,1-5H3/t18-,25-. The minimum Gasteiger partial charge on any atom is -0.491 e. The van der Waals surface area contributed by atoms with Crippen LogP contribution >= 0.6 is 0 Å². The highest BCUT2D eigenvalue weighted by Gasteiger charge is 2.51. The third-order valence-electron chi connectivity index (χ3n) is 6.33. The van der Waals surface area contributed by atoms with Gasteiger partial charge in [-0.1, -0.05) is 0 Å². The minimum atomic E-state index is -0.498. The fourth-order valence-corrected chi connectivity index (χ4v) is 4.87. The van der Waals surface area contributed by atoms with Crippen LogP contribution in [-0.4, -0.2) is 45.6 Å². The van der Waals surface area contributed by atoms with Gasteiger partial charge in [-0.3, -0.25) is 0 Å². The van der Waals surface area contributed by atoms with Crippen molar-refractivity contribution in [3.05, 3.63) is 29.8 Å². The van der Waals surface area contributed by atoms with E-state index in [1.165, 1.54) is 0 Å². The number of anilines is 1. The normalized spacial score (nSPS) is 22.3. The van der Waals surface area contributed by atoms with Crippen molar-refractivity contribution in [2.24, 2.45) is 5.41 Å². The number of hydrogen-bond donors (Lipinski definition) is 1. The molecule has 4 rings (SSSR count). The van der Waals surface area contributed by atoms with E-state index in [0.717, 1.165) is 30.6 Å². The first kappa shape index (κ1) is 23.0. The molecule has 2 aromatic rings. The first-order valence-corrected chi connectivity index (χ1v) is 11.5. The number of nitriles is 1. The average molecular weight is 452 g/mol. The summed E-state index contributed by atoms with van der Waals surface area (Å²) in [5.41, 5.74) is 7.76. The molecule has 1 aliphatic carbocycles. The van der Waals surface area contributed by atoms with Crippen LogP contribution in [0.5, 0.6) is 5.75 Å². The van der Waals surface area contributed by atoms with Gasteiger partial charge in [0.05, 0.1) is 12.1 Å². The second-order valence-corrected chi connectivity index (χ2v) is 10.6. The van der Waals surface area contributed by atoms with Crippen LogP contribution in [0.25, 0.3) is 11.3 Å². The van der Waals surface area contributed by atoms with Crippen molar-refractivity contribution in [1.82, 2.24) is 14.7 Å². The lowest BCUT2D eigenvalue weighted by atomic mass is 9.65. The van der Waals surface area contributed by atoms with Crippen LogP contribution in [0.2, 0.25) is 0 Å². The number of nitrogens with two attached hydrogens (primary N) is 1. The molecule has 1 saturated carbocycles. The third-order valence-corrected chi connectivity index (χ3v) is 6.33. The number of ether oxygens (including phenoxy) is 2. The largest absolute Gasteiger partial charge is 0.491 e. The highest BCUT2D eigenvalue weighted by molar-refractivity contribution is 5.73. The van der Waals surface area contributed by atoms with E-state index in [9.17, 15) is 10.1 Å². The number of carbonyl (C=O) groups is 1. The Morgan fingerprint density at radius 3 is 2.52 bits per heavy atom. The van der Waals surface area contributed by atoms with E-state index in [-0.39, 0.29) is 23.7 Å². The van der Waals surface area contributed by atoms with Gasteiger partial charge in [-0.05, 0) is 83.6 Å². The van der Waals surface area contributed by atoms with Gasteiger partial charge in [-0.25, -0.2) is 9.48 Å². The minimum absolute atomic E-state index is 0.0722. The fourth-order valence-electron chi connectivity index (χ4n) is 4.87. The van der Waals surface area contributed by atoms with Crippen LogP contribution in [0, 0.1) is 16.7 Å². The molecular weight excluding hydrogens is 418 g/mol. The maximum Gasteiger partial charge on any atom is 0.410 e. The average Bonchev–Trinajstić information content (AvgIpc) is 3.28. The van der Waals surface area contributed by atoms with Crippen molar-refractivity contribution >= 4 is 11.9 Å². The van der Waals surface area contributed by atoms with Crippen molar-refractivity contribution in [3.63, 3.8) is 0 Å². The summed E-state index contributed by atoms with van der Waals surface area (Å²) in [4.78, 5) is 14.2. The van der Waals surface area contributed by atoms with Gasteiger partial charge < -0.3 is 20.1 Å². The van der Waals surface area contributed by atoms with Gasteiger partial charge in [0.2, 0.25) is 0 Å². The van der Waals surface area contributed by atoms with Crippen LogP contribution < -0.4 is 10.5 Å². The predicted octanol–water partition coefficient (Wildman–Crippen LogP) is 4.75. The van der Waals surface area contributed by atoms with Crippen molar-refractivity contribution < 1.29 is 14.3 Å². The summed E-state index contributed by atoms with van der Waals surface area (Å²) in [5, 5.41) is 14.5. The molecule has 8 nitrogen and oxygen atoms in total. The molecule has 1 aromatic heterocycles. The highest BCUT2D eigenvalue weighted by atomic mass is 16.6. The van der Waals surface area contributed by atoms with E-state index in [1.807, 2.05) is 58.9 Å². The zero-order chi connectivity index (χ0) is 24.0. The number of aromatic nitrogens is 2. The SMILES string of the molecule is CC(C)Oc1ccc(-c2nn([C@H]3C[C@@]4(CCN(C(=O)OC(C)(C)C)C4)C3)c(N)c2C#N)cc1. The van der Waals surface area contributed by atoms with Gasteiger partial charge in [-0.15, -0.1) is 0 Å². The smallest absolute Gasteiger partial charge is 0.410 e. The molecule has 1 aliphatic heterocycles. The molecule has 0 atom stereocenters. The fraction of sp³-hybridized carbons (Fsp3) is 0.560. The Morgan fingerprint density at radius 2 is 1.94 bits per heavy atom. The summed E-state index contributed by atoms with van der Waals surface area (Å²) >= 11 is 0. The summed E-state index contributed by atoms with van der Waals surface area (Å²) < 4.78 is 13.0. The Balaban J connectivity index is 1.47. The molecule has 1 aromatic carbocycles. The third kappa shape index (κ3) is 4.63. The van der Waals surface area contributed by atoms with Crippen LogP contribution in [0.15, 0.2) is 24.3 Å². The van der Waals surface area contributed by atoms with E-state index in [2.05, 4.69) is 6.07 Å². The number of hydrogen-bond acceptors (Lipinski definition) is 6. The molecule has 0 bridgehead atoms. The van der Waals surface area contributed by atoms with E-state index >= 15 is 0 Å². The zero-order valence-electron chi connectivity index (χ0n) is 20.1. The second kappa shape index (κ2) is 8.29. The summed E-state index contributed by atoms with van der Waals surface area (Å²) in [6, 6.07) is 9.92. The summed E-state index contributed by atoms with van der Waals surface area (Å²) in [5.74, 6) is 1.17. The Kier molecular flexibility index (Phi) is 5.77. The quantitative estimate of drug-likeness (QED) is 0.719. The maximum atomic E-state index is 12.4. The number of amides is 1. The summed E-state index contributed by atoms with van der Waals surface area (Å²) in [7, 11) is 0.